The van der Waals surface area contributed by atoms with Gasteiger partial charge in [0.1, 0.15) is 6.04 Å². The van der Waals surface area contributed by atoms with Crippen molar-refractivity contribution >= 4 is 23.2 Å². The summed E-state index contributed by atoms with van der Waals surface area (Å²) in [6, 6.07) is 1.53. The van der Waals surface area contributed by atoms with Crippen molar-refractivity contribution in [1.82, 2.24) is 15.1 Å². The third-order valence-electron chi connectivity index (χ3n) is 3.29. The highest BCUT2D eigenvalue weighted by molar-refractivity contribution is 7.12. The molecule has 2 rings (SSSR count). The molecule has 0 bridgehead atoms. The molecule has 1 aromatic heterocycles. The first-order chi connectivity index (χ1) is 9.02. The first kappa shape index (κ1) is 14.0. The lowest BCUT2D eigenvalue weighted by molar-refractivity contribution is -0.134. The number of thiophene rings is 1. The Balaban J connectivity index is 2.23. The molecule has 19 heavy (non-hydrogen) atoms. The van der Waals surface area contributed by atoms with Gasteiger partial charge in [-0.15, -0.1) is 11.3 Å². The minimum atomic E-state index is -0.405. The van der Waals surface area contributed by atoms with E-state index in [0.29, 0.717) is 13.1 Å². The molecule has 1 saturated heterocycles. The van der Waals surface area contributed by atoms with E-state index >= 15 is 0 Å². The Labute approximate surface area is 117 Å². The molecule has 104 valence electrons. The van der Waals surface area contributed by atoms with E-state index in [9.17, 15) is 9.59 Å². The minimum Gasteiger partial charge on any atom is -0.347 e. The van der Waals surface area contributed by atoms with Crippen molar-refractivity contribution in [2.24, 2.45) is 0 Å². The molecule has 5 nitrogen and oxygen atoms in total. The summed E-state index contributed by atoms with van der Waals surface area (Å²) in [7, 11) is 3.44. The molecule has 0 saturated carbocycles. The Bertz CT molecular complexity index is 484. The highest BCUT2D eigenvalue weighted by Crippen LogP contribution is 2.20. The predicted octanol–water partition coefficient (Wildman–Crippen LogP) is 0.559. The lowest BCUT2D eigenvalue weighted by Gasteiger charge is -2.36. The lowest BCUT2D eigenvalue weighted by atomic mass is 10.1. The zero-order valence-corrected chi connectivity index (χ0v) is 12.3. The molecule has 1 unspecified atom stereocenters. The Morgan fingerprint density at radius 3 is 2.79 bits per heavy atom. The SMILES string of the molecule is Cc1ccsc1C(=O)N1CCNCC1C(=O)N(C)C. The topological polar surface area (TPSA) is 52.7 Å². The van der Waals surface area contributed by atoms with Gasteiger partial charge in [0, 0.05) is 33.7 Å². The first-order valence-corrected chi connectivity index (χ1v) is 7.17. The number of aryl methyl sites for hydroxylation is 1. The monoisotopic (exact) mass is 281 g/mol. The molecule has 2 amide bonds. The smallest absolute Gasteiger partial charge is 0.264 e. The summed E-state index contributed by atoms with van der Waals surface area (Å²) < 4.78 is 0. The third-order valence-corrected chi connectivity index (χ3v) is 4.29. The van der Waals surface area contributed by atoms with Crippen molar-refractivity contribution in [3.05, 3.63) is 21.9 Å². The molecule has 1 fully saturated rings. The summed E-state index contributed by atoms with van der Waals surface area (Å²) in [6.45, 7) is 3.75. The van der Waals surface area contributed by atoms with Crippen LogP contribution in [0.25, 0.3) is 0 Å². The Kier molecular flexibility index (Phi) is 4.21. The van der Waals surface area contributed by atoms with Crippen LogP contribution < -0.4 is 5.32 Å². The number of nitrogens with one attached hydrogen (secondary N) is 1. The number of likely N-dealkylation sites (N-methyl/N-ethyl adjacent to an activating group) is 1. The summed E-state index contributed by atoms with van der Waals surface area (Å²) in [6.07, 6.45) is 0. The van der Waals surface area contributed by atoms with Crippen LogP contribution in [0, 0.1) is 6.92 Å². The fraction of sp³-hybridized carbons (Fsp3) is 0.538. The third kappa shape index (κ3) is 2.79. The molecular weight excluding hydrogens is 262 g/mol. The molecule has 1 atom stereocenters. The Morgan fingerprint density at radius 2 is 2.21 bits per heavy atom. The van der Waals surface area contributed by atoms with E-state index in [-0.39, 0.29) is 11.8 Å². The van der Waals surface area contributed by atoms with Crippen LogP contribution in [0.15, 0.2) is 11.4 Å². The van der Waals surface area contributed by atoms with Gasteiger partial charge in [-0.3, -0.25) is 9.59 Å². The maximum absolute atomic E-state index is 12.6. The predicted molar refractivity (Wildman–Crippen MR) is 75.4 cm³/mol. The van der Waals surface area contributed by atoms with E-state index in [1.54, 1.807) is 23.9 Å². The van der Waals surface area contributed by atoms with Crippen LogP contribution in [0.2, 0.25) is 0 Å². The van der Waals surface area contributed by atoms with Gasteiger partial charge in [0.05, 0.1) is 4.88 Å². The fourth-order valence-corrected chi connectivity index (χ4v) is 3.07. The number of piperazine rings is 1. The van der Waals surface area contributed by atoms with E-state index in [1.807, 2.05) is 18.4 Å². The van der Waals surface area contributed by atoms with E-state index in [4.69, 9.17) is 0 Å². The van der Waals surface area contributed by atoms with Crippen LogP contribution in [-0.4, -0.2) is 61.4 Å². The maximum atomic E-state index is 12.6. The largest absolute Gasteiger partial charge is 0.347 e. The lowest BCUT2D eigenvalue weighted by Crippen LogP contribution is -2.59. The zero-order valence-electron chi connectivity index (χ0n) is 11.5. The van der Waals surface area contributed by atoms with Crippen LogP contribution in [0.4, 0.5) is 0 Å². The second kappa shape index (κ2) is 5.71. The van der Waals surface area contributed by atoms with Crippen molar-refractivity contribution in [3.63, 3.8) is 0 Å². The summed E-state index contributed by atoms with van der Waals surface area (Å²) >= 11 is 1.44. The molecule has 1 N–H and O–H groups in total. The van der Waals surface area contributed by atoms with Crippen LogP contribution in [-0.2, 0) is 4.79 Å². The highest BCUT2D eigenvalue weighted by Gasteiger charge is 2.34. The van der Waals surface area contributed by atoms with Crippen molar-refractivity contribution in [2.75, 3.05) is 33.7 Å². The van der Waals surface area contributed by atoms with Gasteiger partial charge in [-0.05, 0) is 23.9 Å². The van der Waals surface area contributed by atoms with E-state index < -0.39 is 6.04 Å². The van der Waals surface area contributed by atoms with Crippen molar-refractivity contribution in [2.45, 2.75) is 13.0 Å². The van der Waals surface area contributed by atoms with Crippen LogP contribution in [0.5, 0.6) is 0 Å². The summed E-state index contributed by atoms with van der Waals surface area (Å²) in [5, 5.41) is 5.09. The number of carbonyl (C=O) groups excluding carboxylic acids is 2. The number of rotatable bonds is 2. The molecule has 1 aromatic rings. The minimum absolute atomic E-state index is 0.0326. The van der Waals surface area contributed by atoms with Crippen molar-refractivity contribution in [1.29, 1.82) is 0 Å². The number of nitrogens with zero attached hydrogens (tertiary/aromatic N) is 2. The number of hydrogen-bond acceptors (Lipinski definition) is 4. The molecular formula is C13H19N3O2S. The van der Waals surface area contributed by atoms with Gasteiger partial charge < -0.3 is 15.1 Å². The summed E-state index contributed by atoms with van der Waals surface area (Å²) in [5.41, 5.74) is 0.976. The van der Waals surface area contributed by atoms with Crippen molar-refractivity contribution in [3.8, 4) is 0 Å². The van der Waals surface area contributed by atoms with Gasteiger partial charge in [-0.2, -0.15) is 0 Å². The molecule has 0 spiro atoms. The normalized spacial score (nSPS) is 19.3. The summed E-state index contributed by atoms with van der Waals surface area (Å²) in [4.78, 5) is 28.7. The van der Waals surface area contributed by atoms with Gasteiger partial charge in [-0.1, -0.05) is 0 Å². The Hall–Kier alpha value is -1.40. The highest BCUT2D eigenvalue weighted by atomic mass is 32.1. The van der Waals surface area contributed by atoms with E-state index in [0.717, 1.165) is 17.0 Å². The van der Waals surface area contributed by atoms with Crippen LogP contribution >= 0.6 is 11.3 Å². The van der Waals surface area contributed by atoms with Gasteiger partial charge in [0.2, 0.25) is 5.91 Å². The first-order valence-electron chi connectivity index (χ1n) is 6.29. The summed E-state index contributed by atoms with van der Waals surface area (Å²) in [5.74, 6) is -0.0658. The standard InChI is InChI=1S/C13H19N3O2S/c1-9-4-7-19-11(9)13(18)16-6-5-14-8-10(16)12(17)15(2)3/h4,7,10,14H,5-6,8H2,1-3H3. The molecule has 6 heteroatoms. The van der Waals surface area contributed by atoms with Gasteiger partial charge in [-0.25, -0.2) is 0 Å². The second-order valence-corrected chi connectivity index (χ2v) is 5.80. The van der Waals surface area contributed by atoms with Crippen LogP contribution in [0.1, 0.15) is 15.2 Å². The molecule has 0 radical (unpaired) electrons. The van der Waals surface area contributed by atoms with Crippen molar-refractivity contribution < 1.29 is 9.59 Å². The zero-order chi connectivity index (χ0) is 14.0. The van der Waals surface area contributed by atoms with Gasteiger partial charge in [0.25, 0.3) is 5.91 Å². The number of carbonyl (C=O) groups is 2. The number of hydrogen-bond donors (Lipinski definition) is 1. The molecule has 1 aliphatic rings. The van der Waals surface area contributed by atoms with Gasteiger partial charge in [0.15, 0.2) is 0 Å². The van der Waals surface area contributed by atoms with E-state index in [2.05, 4.69) is 5.32 Å². The molecule has 0 aliphatic carbocycles. The molecule has 2 heterocycles. The maximum Gasteiger partial charge on any atom is 0.264 e. The fourth-order valence-electron chi connectivity index (χ4n) is 2.19. The molecule has 0 aromatic carbocycles. The van der Waals surface area contributed by atoms with E-state index in [1.165, 1.54) is 11.3 Å². The van der Waals surface area contributed by atoms with Gasteiger partial charge >= 0.3 is 0 Å². The molecule has 1 aliphatic heterocycles. The Morgan fingerprint density at radius 1 is 1.47 bits per heavy atom. The average Bonchev–Trinajstić information content (AvgIpc) is 2.83. The average molecular weight is 281 g/mol. The van der Waals surface area contributed by atoms with Crippen LogP contribution in [0.3, 0.4) is 0 Å². The second-order valence-electron chi connectivity index (χ2n) is 4.88. The number of amides is 2. The quantitative estimate of drug-likeness (QED) is 0.862.